The van der Waals surface area contributed by atoms with Crippen LogP contribution in [0.15, 0.2) is 85.3 Å². The molecule has 0 atom stereocenters. The van der Waals surface area contributed by atoms with E-state index in [9.17, 15) is 18.0 Å². The van der Waals surface area contributed by atoms with Crippen LogP contribution in [0.1, 0.15) is 16.1 Å². The number of halogens is 3. The summed E-state index contributed by atoms with van der Waals surface area (Å²) in [6, 6.07) is 17.7. The summed E-state index contributed by atoms with van der Waals surface area (Å²) >= 11 is 0. The number of benzene rings is 2. The van der Waals surface area contributed by atoms with Gasteiger partial charge in [-0.05, 0) is 54.1 Å². The molecule has 0 saturated carbocycles. The lowest BCUT2D eigenvalue weighted by Crippen LogP contribution is -2.11. The van der Waals surface area contributed by atoms with Gasteiger partial charge in [0.2, 0.25) is 0 Å². The Morgan fingerprint density at radius 1 is 1.00 bits per heavy atom. The van der Waals surface area contributed by atoms with Crippen molar-refractivity contribution in [2.45, 2.75) is 6.18 Å². The van der Waals surface area contributed by atoms with Gasteiger partial charge in [-0.3, -0.25) is 4.79 Å². The van der Waals surface area contributed by atoms with Gasteiger partial charge in [-0.2, -0.15) is 18.3 Å². The minimum absolute atomic E-state index is 0.169. The minimum atomic E-state index is -4.53. The second-order valence-corrected chi connectivity index (χ2v) is 7.83. The zero-order valence-corrected chi connectivity index (χ0v) is 18.8. The fourth-order valence-electron chi connectivity index (χ4n) is 3.68. The smallest absolute Gasteiger partial charge is 0.433 e. The highest BCUT2D eigenvalue weighted by molar-refractivity contribution is 6.04. The summed E-state index contributed by atoms with van der Waals surface area (Å²) in [4.78, 5) is 20.5. The highest BCUT2D eigenvalue weighted by Gasteiger charge is 2.32. The number of pyridine rings is 2. The average molecular weight is 489 g/mol. The maximum absolute atomic E-state index is 13.0. The fourth-order valence-corrected chi connectivity index (χ4v) is 3.68. The molecule has 0 aliphatic rings. The van der Waals surface area contributed by atoms with Gasteiger partial charge in [0.15, 0.2) is 5.82 Å². The Morgan fingerprint density at radius 2 is 1.81 bits per heavy atom. The van der Waals surface area contributed by atoms with E-state index in [1.165, 1.54) is 30.1 Å². The van der Waals surface area contributed by atoms with Gasteiger partial charge >= 0.3 is 6.18 Å². The first kappa shape index (κ1) is 23.0. The molecule has 0 aliphatic heterocycles. The van der Waals surface area contributed by atoms with Crippen molar-refractivity contribution < 1.29 is 22.7 Å². The molecule has 0 fully saturated rings. The number of fused-ring (bicyclic) bond motifs is 1. The Bertz CT molecular complexity index is 1560. The number of nitrogens with zero attached hydrogens (tertiary/aromatic N) is 4. The van der Waals surface area contributed by atoms with Gasteiger partial charge in [0.25, 0.3) is 5.91 Å². The first-order chi connectivity index (χ1) is 17.3. The van der Waals surface area contributed by atoms with E-state index < -0.39 is 11.9 Å². The number of carbonyl (C=O) groups excluding carboxylic acids is 1. The summed E-state index contributed by atoms with van der Waals surface area (Å²) in [5.41, 5.74) is 1.88. The third-order valence-corrected chi connectivity index (χ3v) is 5.49. The van der Waals surface area contributed by atoms with Crippen LogP contribution in [0, 0.1) is 0 Å². The standard InChI is InChI=1S/C26H18F3N5O2/c1-36-20-4-2-3-17(13-20)25(35)32-19-7-5-16(6-8-19)18-14-31-34(15-18)24-21-9-10-23(26(27,28)29)33-22(21)11-12-30-24/h2-15H,1H3,(H,32,35). The zero-order chi connectivity index (χ0) is 25.3. The molecule has 5 rings (SSSR count). The van der Waals surface area contributed by atoms with Gasteiger partial charge in [-0.1, -0.05) is 18.2 Å². The fraction of sp³-hybridized carbons (Fsp3) is 0.0769. The van der Waals surface area contributed by atoms with Crippen LogP contribution < -0.4 is 10.1 Å². The van der Waals surface area contributed by atoms with Crippen LogP contribution in [-0.4, -0.2) is 32.8 Å². The van der Waals surface area contributed by atoms with E-state index >= 15 is 0 Å². The number of aromatic nitrogens is 4. The molecule has 180 valence electrons. The molecule has 0 aliphatic carbocycles. The summed E-state index contributed by atoms with van der Waals surface area (Å²) in [7, 11) is 1.54. The predicted octanol–water partition coefficient (Wildman–Crippen LogP) is 5.76. The van der Waals surface area contributed by atoms with E-state index in [2.05, 4.69) is 20.4 Å². The number of nitrogens with one attached hydrogen (secondary N) is 1. The number of carbonyl (C=O) groups is 1. The monoisotopic (exact) mass is 489 g/mol. The number of methoxy groups -OCH3 is 1. The van der Waals surface area contributed by atoms with Crippen molar-refractivity contribution in [3.63, 3.8) is 0 Å². The molecule has 0 spiro atoms. The Morgan fingerprint density at radius 3 is 2.56 bits per heavy atom. The summed E-state index contributed by atoms with van der Waals surface area (Å²) in [6.45, 7) is 0. The molecular formula is C26H18F3N5O2. The van der Waals surface area contributed by atoms with Crippen LogP contribution in [0.3, 0.4) is 0 Å². The Kier molecular flexibility index (Phi) is 5.85. The quantitative estimate of drug-likeness (QED) is 0.339. The second kappa shape index (κ2) is 9.14. The van der Waals surface area contributed by atoms with E-state index in [1.807, 2.05) is 12.1 Å². The van der Waals surface area contributed by atoms with Crippen molar-refractivity contribution >= 4 is 22.5 Å². The van der Waals surface area contributed by atoms with E-state index in [1.54, 1.807) is 48.8 Å². The Balaban J connectivity index is 1.36. The minimum Gasteiger partial charge on any atom is -0.497 e. The molecule has 0 bridgehead atoms. The first-order valence-electron chi connectivity index (χ1n) is 10.8. The maximum atomic E-state index is 13.0. The highest BCUT2D eigenvalue weighted by Crippen LogP contribution is 2.30. The third-order valence-electron chi connectivity index (χ3n) is 5.49. The van der Waals surface area contributed by atoms with Gasteiger partial charge in [0.05, 0.1) is 18.8 Å². The normalized spacial score (nSPS) is 11.4. The van der Waals surface area contributed by atoms with Crippen LogP contribution in [0.4, 0.5) is 18.9 Å². The van der Waals surface area contributed by atoms with Crippen molar-refractivity contribution in [3.05, 3.63) is 96.6 Å². The van der Waals surface area contributed by atoms with Crippen molar-refractivity contribution in [1.82, 2.24) is 19.7 Å². The lowest BCUT2D eigenvalue weighted by molar-refractivity contribution is -0.140. The number of hydrogen-bond acceptors (Lipinski definition) is 5. The molecule has 0 radical (unpaired) electrons. The number of hydrogen-bond donors (Lipinski definition) is 1. The molecule has 1 amide bonds. The van der Waals surface area contributed by atoms with E-state index in [0.717, 1.165) is 17.2 Å². The molecule has 36 heavy (non-hydrogen) atoms. The van der Waals surface area contributed by atoms with Crippen LogP contribution >= 0.6 is 0 Å². The second-order valence-electron chi connectivity index (χ2n) is 7.83. The molecule has 0 saturated heterocycles. The number of amides is 1. The lowest BCUT2D eigenvalue weighted by Gasteiger charge is -2.09. The SMILES string of the molecule is COc1cccc(C(=O)Nc2ccc(-c3cnn(-c4nccc5nc(C(F)(F)F)ccc45)c3)cc2)c1. The molecule has 7 nitrogen and oxygen atoms in total. The zero-order valence-electron chi connectivity index (χ0n) is 18.8. The summed E-state index contributed by atoms with van der Waals surface area (Å²) < 4.78 is 45.7. The lowest BCUT2D eigenvalue weighted by atomic mass is 10.1. The van der Waals surface area contributed by atoms with Gasteiger partial charge in [0.1, 0.15) is 11.4 Å². The topological polar surface area (TPSA) is 81.9 Å². The third kappa shape index (κ3) is 4.61. The molecular weight excluding hydrogens is 471 g/mol. The van der Waals surface area contributed by atoms with Crippen molar-refractivity contribution in [2.24, 2.45) is 0 Å². The van der Waals surface area contributed by atoms with Crippen molar-refractivity contribution in [1.29, 1.82) is 0 Å². The number of rotatable bonds is 5. The van der Waals surface area contributed by atoms with Crippen LogP contribution in [-0.2, 0) is 6.18 Å². The maximum Gasteiger partial charge on any atom is 0.433 e. The number of alkyl halides is 3. The predicted molar refractivity (Wildman–Crippen MR) is 128 cm³/mol. The molecule has 1 N–H and O–H groups in total. The van der Waals surface area contributed by atoms with E-state index in [-0.39, 0.29) is 11.4 Å². The number of ether oxygens (including phenoxy) is 1. The molecule has 3 aromatic heterocycles. The van der Waals surface area contributed by atoms with Gasteiger partial charge < -0.3 is 10.1 Å². The van der Waals surface area contributed by atoms with Crippen molar-refractivity contribution in [2.75, 3.05) is 12.4 Å². The summed E-state index contributed by atoms with van der Waals surface area (Å²) in [6.07, 6.45) is 0.215. The molecule has 10 heteroatoms. The average Bonchev–Trinajstić information content (AvgIpc) is 3.38. The van der Waals surface area contributed by atoms with Gasteiger partial charge in [-0.15, -0.1) is 0 Å². The largest absolute Gasteiger partial charge is 0.497 e. The van der Waals surface area contributed by atoms with Crippen molar-refractivity contribution in [3.8, 4) is 22.7 Å². The van der Waals surface area contributed by atoms with Gasteiger partial charge in [0, 0.05) is 34.6 Å². The first-order valence-corrected chi connectivity index (χ1v) is 10.8. The Hall–Kier alpha value is -4.73. The van der Waals surface area contributed by atoms with Crippen LogP contribution in [0.5, 0.6) is 5.75 Å². The van der Waals surface area contributed by atoms with E-state index in [4.69, 9.17) is 4.74 Å². The Labute approximate surface area is 203 Å². The van der Waals surface area contributed by atoms with Gasteiger partial charge in [-0.25, -0.2) is 14.6 Å². The highest BCUT2D eigenvalue weighted by atomic mass is 19.4. The molecule has 5 aromatic rings. The van der Waals surface area contributed by atoms with Crippen LogP contribution in [0.25, 0.3) is 27.8 Å². The van der Waals surface area contributed by atoms with E-state index in [0.29, 0.717) is 28.2 Å². The molecule has 3 heterocycles. The summed E-state index contributed by atoms with van der Waals surface area (Å²) in [5.74, 6) is 0.688. The number of anilines is 1. The molecule has 2 aromatic carbocycles. The summed E-state index contributed by atoms with van der Waals surface area (Å²) in [5, 5.41) is 7.62. The molecule has 0 unspecified atom stereocenters. The van der Waals surface area contributed by atoms with Crippen LogP contribution in [0.2, 0.25) is 0 Å².